The molecule has 0 bridgehead atoms. The van der Waals surface area contributed by atoms with Crippen LogP contribution >= 0.6 is 27.5 Å². The molecule has 0 saturated heterocycles. The van der Waals surface area contributed by atoms with Crippen molar-refractivity contribution in [2.24, 2.45) is 0 Å². The molecule has 6 heavy (non-hydrogen) atoms. The van der Waals surface area contributed by atoms with Gasteiger partial charge in [0.25, 0.3) is 0 Å². The van der Waals surface area contributed by atoms with E-state index in [1.807, 2.05) is 0 Å². The Balaban J connectivity index is 2.41. The Kier molecular flexibility index (Phi) is 0.889. The van der Waals surface area contributed by atoms with Crippen LogP contribution in [0, 0.1) is 0 Å². The van der Waals surface area contributed by atoms with Crippen LogP contribution in [0.1, 0.15) is 6.42 Å². The molecule has 1 saturated carbocycles. The normalized spacial score (nSPS) is 55.5. The van der Waals surface area contributed by atoms with Crippen molar-refractivity contribution >= 4 is 27.5 Å². The van der Waals surface area contributed by atoms with E-state index >= 15 is 0 Å². The van der Waals surface area contributed by atoms with Crippen molar-refractivity contribution in [3.8, 4) is 0 Å². The first-order chi connectivity index (χ1) is 2.63. The van der Waals surface area contributed by atoms with Crippen LogP contribution in [-0.4, -0.2) is 9.96 Å². The quantitative estimate of drug-likeness (QED) is 0.492. The van der Waals surface area contributed by atoms with Gasteiger partial charge in [-0.1, -0.05) is 15.9 Å². The van der Waals surface area contributed by atoms with Crippen LogP contribution in [0.5, 0.6) is 0 Å². The maximum Gasteiger partial charge on any atom is 0.133 e. The van der Waals surface area contributed by atoms with Crippen LogP contribution < -0.4 is 0 Å². The Labute approximate surface area is 48.8 Å². The molecule has 0 spiro atoms. The van der Waals surface area contributed by atoms with Gasteiger partial charge in [-0.25, -0.2) is 4.39 Å². The molecule has 0 aromatic heterocycles. The highest BCUT2D eigenvalue weighted by molar-refractivity contribution is 9.10. The summed E-state index contributed by atoms with van der Waals surface area (Å²) in [7, 11) is 0. The number of rotatable bonds is 0. The van der Waals surface area contributed by atoms with Crippen molar-refractivity contribution in [1.82, 2.24) is 0 Å². The molecule has 1 aliphatic carbocycles. The van der Waals surface area contributed by atoms with Gasteiger partial charge in [-0.2, -0.15) is 0 Å². The van der Waals surface area contributed by atoms with Gasteiger partial charge in [0, 0.05) is 6.42 Å². The van der Waals surface area contributed by atoms with Gasteiger partial charge < -0.3 is 0 Å². The minimum atomic E-state index is -0.820. The Bertz CT molecular complexity index is 73.2. The Morgan fingerprint density at radius 1 is 2.00 bits per heavy atom. The van der Waals surface area contributed by atoms with Gasteiger partial charge in [-0.3, -0.25) is 0 Å². The average molecular weight is 173 g/mol. The number of alkyl halides is 3. The van der Waals surface area contributed by atoms with Crippen LogP contribution in [0.15, 0.2) is 0 Å². The first-order valence-electron chi connectivity index (χ1n) is 1.65. The molecule has 0 aromatic carbocycles. The van der Waals surface area contributed by atoms with E-state index < -0.39 is 9.96 Å². The van der Waals surface area contributed by atoms with Gasteiger partial charge >= 0.3 is 0 Å². The monoisotopic (exact) mass is 172 g/mol. The summed E-state index contributed by atoms with van der Waals surface area (Å²) in [4.78, 5) is 0. The van der Waals surface area contributed by atoms with Crippen LogP contribution in [-0.2, 0) is 0 Å². The van der Waals surface area contributed by atoms with Gasteiger partial charge in [-0.15, -0.1) is 11.6 Å². The molecule has 1 aliphatic rings. The summed E-state index contributed by atoms with van der Waals surface area (Å²) in [5.41, 5.74) is 0. The first-order valence-corrected chi connectivity index (χ1v) is 2.82. The maximum absolute atomic E-state index is 11.7. The molecule has 2 atom stereocenters. The molecule has 2 unspecified atom stereocenters. The fourth-order valence-electron chi connectivity index (χ4n) is 0.180. The zero-order chi connectivity index (χ0) is 4.78. The van der Waals surface area contributed by atoms with Gasteiger partial charge in [0.15, 0.2) is 0 Å². The molecule has 0 nitrogen and oxygen atoms in total. The second-order valence-electron chi connectivity index (χ2n) is 1.43. The molecule has 0 heterocycles. The lowest BCUT2D eigenvalue weighted by Gasteiger charge is -1.82. The number of hydrogen-bond donors (Lipinski definition) is 0. The third kappa shape index (κ3) is 0.684. The summed E-state index contributed by atoms with van der Waals surface area (Å²) < 4.78 is 11.0. The highest BCUT2D eigenvalue weighted by Crippen LogP contribution is 2.50. The third-order valence-corrected chi connectivity index (χ3v) is 1.96. The van der Waals surface area contributed by atoms with E-state index in [1.54, 1.807) is 0 Å². The zero-order valence-electron chi connectivity index (χ0n) is 2.92. The van der Waals surface area contributed by atoms with Crippen LogP contribution in [0.2, 0.25) is 0 Å². The summed E-state index contributed by atoms with van der Waals surface area (Å²) in [5, 5.41) is 0. The van der Waals surface area contributed by atoms with Crippen molar-refractivity contribution < 1.29 is 4.39 Å². The molecule has 3 heteroatoms. The second kappa shape index (κ2) is 1.10. The number of halogens is 3. The molecule has 1 fully saturated rings. The van der Waals surface area contributed by atoms with E-state index in [4.69, 9.17) is 11.6 Å². The SMILES string of the molecule is FC1CC1(Cl)Br. The Morgan fingerprint density at radius 3 is 2.17 bits per heavy atom. The third-order valence-electron chi connectivity index (χ3n) is 0.750. The van der Waals surface area contributed by atoms with Crippen LogP contribution in [0.3, 0.4) is 0 Å². The lowest BCUT2D eigenvalue weighted by atomic mass is 10.9. The molecule has 0 aliphatic heterocycles. The molecular weight excluding hydrogens is 170 g/mol. The molecular formula is C3H3BrClF. The fourth-order valence-corrected chi connectivity index (χ4v) is 0.600. The zero-order valence-corrected chi connectivity index (χ0v) is 5.26. The van der Waals surface area contributed by atoms with Crippen molar-refractivity contribution in [2.75, 3.05) is 0 Å². The van der Waals surface area contributed by atoms with Gasteiger partial charge in [0.1, 0.15) is 9.96 Å². The highest BCUT2D eigenvalue weighted by atomic mass is 79.9. The lowest BCUT2D eigenvalue weighted by Crippen LogP contribution is -1.84. The first kappa shape index (κ1) is 4.85. The number of hydrogen-bond acceptors (Lipinski definition) is 0. The molecule has 36 valence electrons. The van der Waals surface area contributed by atoms with Crippen molar-refractivity contribution in [1.29, 1.82) is 0 Å². The van der Waals surface area contributed by atoms with Gasteiger partial charge in [0.05, 0.1) is 0 Å². The van der Waals surface area contributed by atoms with E-state index in [0.29, 0.717) is 6.42 Å². The van der Waals surface area contributed by atoms with Crippen LogP contribution in [0.25, 0.3) is 0 Å². The minimum absolute atomic E-state index is 0.453. The molecule has 0 amide bonds. The average Bonchev–Trinajstić information content (AvgIpc) is 1.73. The summed E-state index contributed by atoms with van der Waals surface area (Å²) in [6, 6.07) is 0. The molecule has 0 N–H and O–H groups in total. The molecule has 1 rings (SSSR count). The predicted molar refractivity (Wildman–Crippen MR) is 27.0 cm³/mol. The fraction of sp³-hybridized carbons (Fsp3) is 1.00. The van der Waals surface area contributed by atoms with E-state index in [0.717, 1.165) is 0 Å². The van der Waals surface area contributed by atoms with E-state index in [-0.39, 0.29) is 0 Å². The van der Waals surface area contributed by atoms with Crippen LogP contribution in [0.4, 0.5) is 4.39 Å². The standard InChI is InChI=1S/C3H3BrClF/c4-3(5)1-2(3)6/h2H,1H2. The molecule has 0 radical (unpaired) electrons. The Morgan fingerprint density at radius 2 is 2.17 bits per heavy atom. The second-order valence-corrected chi connectivity index (χ2v) is 3.98. The van der Waals surface area contributed by atoms with Crippen molar-refractivity contribution in [3.63, 3.8) is 0 Å². The predicted octanol–water partition coefficient (Wildman–Crippen LogP) is 2.06. The van der Waals surface area contributed by atoms with E-state index in [1.165, 1.54) is 0 Å². The lowest BCUT2D eigenvalue weighted by molar-refractivity contribution is 0.477. The molecule has 0 aromatic rings. The summed E-state index contributed by atoms with van der Waals surface area (Å²) >= 11 is 8.28. The van der Waals surface area contributed by atoms with Gasteiger partial charge in [0.2, 0.25) is 0 Å². The minimum Gasteiger partial charge on any atom is -0.244 e. The maximum atomic E-state index is 11.7. The van der Waals surface area contributed by atoms with E-state index in [9.17, 15) is 4.39 Å². The largest absolute Gasteiger partial charge is 0.244 e. The van der Waals surface area contributed by atoms with Crippen molar-refractivity contribution in [2.45, 2.75) is 16.4 Å². The topological polar surface area (TPSA) is 0 Å². The van der Waals surface area contributed by atoms with E-state index in [2.05, 4.69) is 15.9 Å². The smallest absolute Gasteiger partial charge is 0.133 e. The Hall–Kier alpha value is 0.700. The summed E-state index contributed by atoms with van der Waals surface area (Å²) in [6.45, 7) is 0. The van der Waals surface area contributed by atoms with Gasteiger partial charge in [-0.05, 0) is 0 Å². The summed E-state index contributed by atoms with van der Waals surface area (Å²) in [5.74, 6) is 0. The highest BCUT2D eigenvalue weighted by Gasteiger charge is 2.52. The summed E-state index contributed by atoms with van der Waals surface area (Å²) in [6.07, 6.45) is -0.367. The van der Waals surface area contributed by atoms with Crippen molar-refractivity contribution in [3.05, 3.63) is 0 Å².